The van der Waals surface area contributed by atoms with Crippen LogP contribution in [0.4, 0.5) is 13.2 Å². The fraction of sp³-hybridized carbons (Fsp3) is 0.364. The number of aromatic nitrogens is 4. The van der Waals surface area contributed by atoms with Crippen LogP contribution in [0.3, 0.4) is 0 Å². The lowest BCUT2D eigenvalue weighted by molar-refractivity contribution is -0.142. The number of nitrogens with one attached hydrogen (secondary N) is 1. The summed E-state index contributed by atoms with van der Waals surface area (Å²) in [6.07, 6.45) is -2.26. The van der Waals surface area contributed by atoms with Gasteiger partial charge in [-0.3, -0.25) is 5.10 Å². The van der Waals surface area contributed by atoms with Crippen LogP contribution < -0.4 is 0 Å². The average Bonchev–Trinajstić information content (AvgIpc) is 2.87. The summed E-state index contributed by atoms with van der Waals surface area (Å²) in [7, 11) is 0. The van der Waals surface area contributed by atoms with Crippen LogP contribution in [-0.4, -0.2) is 37.2 Å². The van der Waals surface area contributed by atoms with Crippen molar-refractivity contribution in [1.82, 2.24) is 20.0 Å². The van der Waals surface area contributed by atoms with Crippen LogP contribution in [-0.2, 0) is 19.4 Å². The van der Waals surface area contributed by atoms with E-state index in [1.807, 2.05) is 0 Å². The van der Waals surface area contributed by atoms with E-state index in [0.29, 0.717) is 28.7 Å². The van der Waals surface area contributed by atoms with E-state index in [9.17, 15) is 18.0 Å². The molecule has 0 amide bonds. The van der Waals surface area contributed by atoms with Gasteiger partial charge in [0.05, 0.1) is 11.9 Å². The molecular formula is C11H9F3N4O2. The van der Waals surface area contributed by atoms with E-state index < -0.39 is 24.4 Å². The predicted molar refractivity (Wildman–Crippen MR) is 60.2 cm³/mol. The van der Waals surface area contributed by atoms with E-state index in [4.69, 9.17) is 5.11 Å². The molecule has 2 aromatic rings. The maximum Gasteiger partial charge on any atom is 0.408 e. The van der Waals surface area contributed by atoms with Crippen molar-refractivity contribution in [2.45, 2.75) is 25.6 Å². The normalized spacial score (nSPS) is 13.9. The number of rotatable bonds is 2. The summed E-state index contributed by atoms with van der Waals surface area (Å²) in [5.74, 6) is -1.41. The smallest absolute Gasteiger partial charge is 0.408 e. The number of hydrogen-bond donors (Lipinski definition) is 2. The first kappa shape index (κ1) is 12.7. The quantitative estimate of drug-likeness (QED) is 0.879. The first-order valence-corrected chi connectivity index (χ1v) is 5.79. The molecule has 0 radical (unpaired) electrons. The molecule has 0 aromatic carbocycles. The number of aryl methyl sites for hydroxylation is 1. The highest BCUT2D eigenvalue weighted by Gasteiger charge is 2.35. The van der Waals surface area contributed by atoms with E-state index in [2.05, 4.69) is 15.3 Å². The minimum Gasteiger partial charge on any atom is -0.477 e. The van der Waals surface area contributed by atoms with Gasteiger partial charge in [0.15, 0.2) is 0 Å². The molecule has 0 unspecified atom stereocenters. The monoisotopic (exact) mass is 286 g/mol. The Kier molecular flexibility index (Phi) is 2.59. The Morgan fingerprint density at radius 2 is 2.20 bits per heavy atom. The van der Waals surface area contributed by atoms with Gasteiger partial charge in [0.2, 0.25) is 0 Å². The molecule has 0 atom stereocenters. The molecule has 9 heteroatoms. The van der Waals surface area contributed by atoms with E-state index >= 15 is 0 Å². The number of halogens is 3. The Bertz CT molecular complexity index is 686. The number of hydrogen-bond acceptors (Lipinski definition) is 3. The maximum atomic E-state index is 12.5. The van der Waals surface area contributed by atoms with Crippen molar-refractivity contribution < 1.29 is 23.1 Å². The number of aromatic carboxylic acids is 1. The van der Waals surface area contributed by atoms with Crippen LogP contribution in [0.25, 0.3) is 11.3 Å². The molecule has 20 heavy (non-hydrogen) atoms. The van der Waals surface area contributed by atoms with Crippen LogP contribution in [0, 0.1) is 0 Å². The van der Waals surface area contributed by atoms with Gasteiger partial charge in [-0.1, -0.05) is 0 Å². The third-order valence-electron chi connectivity index (χ3n) is 3.18. The molecule has 0 bridgehead atoms. The summed E-state index contributed by atoms with van der Waals surface area (Å²) < 4.78 is 38.0. The van der Waals surface area contributed by atoms with Crippen molar-refractivity contribution in [2.75, 3.05) is 0 Å². The number of carboxylic acids is 1. The third-order valence-corrected chi connectivity index (χ3v) is 3.18. The van der Waals surface area contributed by atoms with Crippen molar-refractivity contribution in [3.05, 3.63) is 23.1 Å². The fourth-order valence-corrected chi connectivity index (χ4v) is 2.43. The van der Waals surface area contributed by atoms with E-state index in [0.717, 1.165) is 5.69 Å². The molecule has 0 spiro atoms. The zero-order valence-corrected chi connectivity index (χ0v) is 10.0. The van der Waals surface area contributed by atoms with Crippen molar-refractivity contribution in [3.8, 4) is 11.3 Å². The fourth-order valence-electron chi connectivity index (χ4n) is 2.43. The van der Waals surface area contributed by atoms with Gasteiger partial charge in [0, 0.05) is 16.8 Å². The molecule has 1 aliphatic carbocycles. The molecule has 0 saturated carbocycles. The number of nitrogens with zero attached hydrogens (tertiary/aromatic N) is 3. The standard InChI is InChI=1S/C11H9F3N4O2/c12-11(13,14)4-18-9(10(19)20)5-1-2-7-6(3-15-16-7)8(5)17-18/h3H,1-2,4H2,(H,15,16)(H,19,20). The minimum atomic E-state index is -4.53. The number of carboxylic acid groups (broad SMARTS) is 1. The third kappa shape index (κ3) is 1.95. The second kappa shape index (κ2) is 4.09. The second-order valence-corrected chi connectivity index (χ2v) is 4.52. The van der Waals surface area contributed by atoms with Crippen LogP contribution in [0.15, 0.2) is 6.20 Å². The van der Waals surface area contributed by atoms with Gasteiger partial charge in [-0.05, 0) is 12.8 Å². The van der Waals surface area contributed by atoms with Crippen LogP contribution in [0.5, 0.6) is 0 Å². The van der Waals surface area contributed by atoms with E-state index in [1.54, 1.807) is 0 Å². The molecule has 106 valence electrons. The summed E-state index contributed by atoms with van der Waals surface area (Å²) in [4.78, 5) is 11.2. The lowest BCUT2D eigenvalue weighted by Crippen LogP contribution is -2.22. The number of H-pyrrole nitrogens is 1. The molecule has 2 aromatic heterocycles. The highest BCUT2D eigenvalue weighted by Crippen LogP contribution is 2.34. The van der Waals surface area contributed by atoms with Gasteiger partial charge >= 0.3 is 12.1 Å². The number of alkyl halides is 3. The summed E-state index contributed by atoms with van der Waals surface area (Å²) in [5, 5.41) is 19.5. The van der Waals surface area contributed by atoms with Crippen molar-refractivity contribution >= 4 is 5.97 Å². The Labute approximate surface area is 110 Å². The largest absolute Gasteiger partial charge is 0.477 e. The minimum absolute atomic E-state index is 0.265. The Hall–Kier alpha value is -2.32. The molecule has 6 nitrogen and oxygen atoms in total. The Morgan fingerprint density at radius 3 is 2.85 bits per heavy atom. The molecule has 2 N–H and O–H groups in total. The zero-order chi connectivity index (χ0) is 14.5. The number of carbonyl (C=O) groups is 1. The predicted octanol–water partition coefficient (Wildman–Crippen LogP) is 1.63. The maximum absolute atomic E-state index is 12.5. The number of aromatic amines is 1. The molecule has 0 aliphatic heterocycles. The van der Waals surface area contributed by atoms with Gasteiger partial charge in [-0.25, -0.2) is 9.48 Å². The summed E-state index contributed by atoms with van der Waals surface area (Å²) in [6, 6.07) is 0. The summed E-state index contributed by atoms with van der Waals surface area (Å²) in [6.45, 7) is -1.42. The van der Waals surface area contributed by atoms with Gasteiger partial charge in [-0.15, -0.1) is 0 Å². The van der Waals surface area contributed by atoms with Gasteiger partial charge < -0.3 is 5.11 Å². The van der Waals surface area contributed by atoms with E-state index in [1.165, 1.54) is 6.20 Å². The number of fused-ring (bicyclic) bond motifs is 3. The summed E-state index contributed by atoms with van der Waals surface area (Å²) >= 11 is 0. The zero-order valence-electron chi connectivity index (χ0n) is 10.0. The highest BCUT2D eigenvalue weighted by molar-refractivity contribution is 5.90. The molecule has 1 aliphatic rings. The van der Waals surface area contributed by atoms with Crippen LogP contribution in [0.1, 0.15) is 21.7 Å². The van der Waals surface area contributed by atoms with Crippen LogP contribution >= 0.6 is 0 Å². The average molecular weight is 286 g/mol. The van der Waals surface area contributed by atoms with Gasteiger partial charge in [-0.2, -0.15) is 23.4 Å². The van der Waals surface area contributed by atoms with Gasteiger partial charge in [0.1, 0.15) is 12.2 Å². The first-order valence-electron chi connectivity index (χ1n) is 5.79. The first-order chi connectivity index (χ1) is 9.37. The van der Waals surface area contributed by atoms with Crippen molar-refractivity contribution in [3.63, 3.8) is 0 Å². The lowest BCUT2D eigenvalue weighted by Gasteiger charge is -2.10. The second-order valence-electron chi connectivity index (χ2n) is 4.52. The summed E-state index contributed by atoms with van der Waals surface area (Å²) in [5.41, 5.74) is 1.52. The topological polar surface area (TPSA) is 83.8 Å². The lowest BCUT2D eigenvalue weighted by atomic mass is 9.94. The molecule has 2 heterocycles. The Morgan fingerprint density at radius 1 is 1.45 bits per heavy atom. The molecule has 3 rings (SSSR count). The van der Waals surface area contributed by atoms with Crippen molar-refractivity contribution in [1.29, 1.82) is 0 Å². The highest BCUT2D eigenvalue weighted by atomic mass is 19.4. The Balaban J connectivity index is 2.17. The SMILES string of the molecule is O=C(O)c1c2c(nn1CC(F)(F)F)-c1cn[nH]c1CC2. The van der Waals surface area contributed by atoms with Gasteiger partial charge in [0.25, 0.3) is 0 Å². The van der Waals surface area contributed by atoms with Crippen molar-refractivity contribution in [2.24, 2.45) is 0 Å². The van der Waals surface area contributed by atoms with E-state index in [-0.39, 0.29) is 5.69 Å². The van der Waals surface area contributed by atoms with Crippen LogP contribution in [0.2, 0.25) is 0 Å². The molecule has 0 fully saturated rings. The molecular weight excluding hydrogens is 277 g/mol. The molecule has 0 saturated heterocycles.